The van der Waals surface area contributed by atoms with Gasteiger partial charge in [-0.25, -0.2) is 4.79 Å². The fourth-order valence-corrected chi connectivity index (χ4v) is 1.05. The van der Waals surface area contributed by atoms with E-state index in [1.54, 1.807) is 0 Å². The molecule has 7 heteroatoms. The zero-order chi connectivity index (χ0) is 11.4. The molecule has 0 spiro atoms. The van der Waals surface area contributed by atoms with Crippen LogP contribution in [0.3, 0.4) is 0 Å². The first-order chi connectivity index (χ1) is 7.13. The average molecular weight is 212 g/mol. The van der Waals surface area contributed by atoms with Gasteiger partial charge in [-0.05, 0) is 12.2 Å². The Balaban J connectivity index is 3.26. The second-order valence-corrected chi connectivity index (χ2v) is 2.55. The maximum atomic E-state index is 10.7. The number of methoxy groups -OCH3 is 1. The molecule has 0 saturated carbocycles. The van der Waals surface area contributed by atoms with Crippen molar-refractivity contribution in [3.63, 3.8) is 0 Å². The molecule has 1 rings (SSSR count). The molecule has 0 amide bonds. The van der Waals surface area contributed by atoms with Gasteiger partial charge in [0.1, 0.15) is 5.71 Å². The second-order valence-electron chi connectivity index (χ2n) is 2.55. The summed E-state index contributed by atoms with van der Waals surface area (Å²) < 4.78 is 4.78. The van der Waals surface area contributed by atoms with Crippen molar-refractivity contribution in [3.05, 3.63) is 23.5 Å². The van der Waals surface area contributed by atoms with Gasteiger partial charge in [0.05, 0.1) is 12.7 Å². The summed E-state index contributed by atoms with van der Waals surface area (Å²) in [5.74, 6) is -1.20. The van der Waals surface area contributed by atoms with Crippen LogP contribution in [0.25, 0.3) is 0 Å². The molecule has 0 fully saturated rings. The molecule has 0 radical (unpaired) electrons. The van der Waals surface area contributed by atoms with Gasteiger partial charge >= 0.3 is 5.97 Å². The quantitative estimate of drug-likeness (QED) is 0.344. The molecule has 15 heavy (non-hydrogen) atoms. The fraction of sp³-hybridized carbons (Fsp3) is 0.125. The predicted octanol–water partition coefficient (Wildman–Crippen LogP) is 0.202. The summed E-state index contributed by atoms with van der Waals surface area (Å²) in [4.78, 5) is 10.7. The molecule has 3 N–H and O–H groups in total. The van der Waals surface area contributed by atoms with Crippen LogP contribution in [-0.2, 0) is 9.53 Å². The van der Waals surface area contributed by atoms with Crippen molar-refractivity contribution >= 4 is 17.4 Å². The van der Waals surface area contributed by atoms with Gasteiger partial charge in [0.2, 0.25) is 0 Å². The standard InChI is InChI=1S/C8H8N2O5/c1-15-6-3-4(8(11)12)2-5(9-13)7(6)10-14/h2-3,13-14H,1H3,(H,11,12)/b9-5+,10-7+. The van der Waals surface area contributed by atoms with Gasteiger partial charge in [0, 0.05) is 0 Å². The molecule has 0 bridgehead atoms. The van der Waals surface area contributed by atoms with E-state index in [4.69, 9.17) is 20.3 Å². The molecule has 1 aliphatic rings. The fourth-order valence-electron chi connectivity index (χ4n) is 1.05. The average Bonchev–Trinajstić information content (AvgIpc) is 2.26. The zero-order valence-corrected chi connectivity index (χ0v) is 7.71. The van der Waals surface area contributed by atoms with E-state index in [0.29, 0.717) is 0 Å². The number of rotatable bonds is 2. The van der Waals surface area contributed by atoms with Gasteiger partial charge in [0.25, 0.3) is 0 Å². The zero-order valence-electron chi connectivity index (χ0n) is 7.71. The van der Waals surface area contributed by atoms with E-state index >= 15 is 0 Å². The van der Waals surface area contributed by atoms with Crippen molar-refractivity contribution < 1.29 is 25.1 Å². The van der Waals surface area contributed by atoms with Crippen LogP contribution in [0, 0.1) is 0 Å². The van der Waals surface area contributed by atoms with Crippen LogP contribution in [0.2, 0.25) is 0 Å². The summed E-state index contributed by atoms with van der Waals surface area (Å²) in [7, 11) is 1.27. The molecular weight excluding hydrogens is 204 g/mol. The number of nitrogens with zero attached hydrogens (tertiary/aromatic N) is 2. The van der Waals surface area contributed by atoms with E-state index in [9.17, 15) is 4.79 Å². The van der Waals surface area contributed by atoms with E-state index in [0.717, 1.165) is 12.2 Å². The molecule has 1 aliphatic carbocycles. The van der Waals surface area contributed by atoms with Crippen molar-refractivity contribution in [2.45, 2.75) is 0 Å². The normalized spacial score (nSPS) is 21.1. The number of aliphatic carboxylic acids is 1. The van der Waals surface area contributed by atoms with Crippen molar-refractivity contribution in [2.24, 2.45) is 10.3 Å². The summed E-state index contributed by atoms with van der Waals surface area (Å²) in [5.41, 5.74) is -0.452. The van der Waals surface area contributed by atoms with Crippen LogP contribution in [0.4, 0.5) is 0 Å². The Morgan fingerprint density at radius 2 is 2.00 bits per heavy atom. The topological polar surface area (TPSA) is 112 Å². The lowest BCUT2D eigenvalue weighted by molar-refractivity contribution is -0.132. The Morgan fingerprint density at radius 3 is 2.40 bits per heavy atom. The van der Waals surface area contributed by atoms with Crippen LogP contribution in [0.5, 0.6) is 0 Å². The highest BCUT2D eigenvalue weighted by molar-refractivity contribution is 6.52. The lowest BCUT2D eigenvalue weighted by Gasteiger charge is -2.12. The molecule has 0 heterocycles. The minimum absolute atomic E-state index is 0.00481. The third kappa shape index (κ3) is 1.96. The number of oxime groups is 2. The number of hydrogen-bond acceptors (Lipinski definition) is 6. The number of hydrogen-bond donors (Lipinski definition) is 3. The summed E-state index contributed by atoms with van der Waals surface area (Å²) in [6, 6.07) is 0. The van der Waals surface area contributed by atoms with Gasteiger partial charge in [-0.15, -0.1) is 0 Å². The SMILES string of the molecule is COC1=CC(C(=O)O)=CC(=N\O)/C1=N\O. The van der Waals surface area contributed by atoms with E-state index in [2.05, 4.69) is 10.3 Å². The van der Waals surface area contributed by atoms with Crippen LogP contribution in [0.15, 0.2) is 33.8 Å². The van der Waals surface area contributed by atoms with Crippen LogP contribution >= 0.6 is 0 Å². The smallest absolute Gasteiger partial charge is 0.335 e. The molecule has 0 aromatic heterocycles. The molecule has 80 valence electrons. The maximum absolute atomic E-state index is 10.7. The third-order valence-electron chi connectivity index (χ3n) is 1.73. The van der Waals surface area contributed by atoms with Gasteiger partial charge in [-0.1, -0.05) is 10.3 Å². The molecule has 0 aromatic rings. The van der Waals surface area contributed by atoms with Crippen molar-refractivity contribution in [2.75, 3.05) is 7.11 Å². The Morgan fingerprint density at radius 1 is 1.33 bits per heavy atom. The van der Waals surface area contributed by atoms with Crippen LogP contribution < -0.4 is 0 Å². The molecule has 0 atom stereocenters. The van der Waals surface area contributed by atoms with Crippen LogP contribution in [-0.4, -0.2) is 40.0 Å². The minimum Gasteiger partial charge on any atom is -0.494 e. The van der Waals surface area contributed by atoms with Crippen LogP contribution in [0.1, 0.15) is 0 Å². The van der Waals surface area contributed by atoms with Crippen molar-refractivity contribution in [3.8, 4) is 0 Å². The molecule has 0 saturated heterocycles. The molecule has 0 aliphatic heterocycles. The van der Waals surface area contributed by atoms with Crippen molar-refractivity contribution in [1.29, 1.82) is 0 Å². The summed E-state index contributed by atoms with van der Waals surface area (Å²) in [6.07, 6.45) is 2.21. The Kier molecular flexibility index (Phi) is 3.06. The number of carboxylic acids is 1. The first-order valence-electron chi connectivity index (χ1n) is 3.79. The molecule has 7 nitrogen and oxygen atoms in total. The van der Waals surface area contributed by atoms with E-state index in [1.807, 2.05) is 0 Å². The highest BCUT2D eigenvalue weighted by atomic mass is 16.5. The third-order valence-corrected chi connectivity index (χ3v) is 1.73. The monoisotopic (exact) mass is 212 g/mol. The Labute approximate surface area is 84.3 Å². The minimum atomic E-state index is -1.21. The highest BCUT2D eigenvalue weighted by Crippen LogP contribution is 2.14. The van der Waals surface area contributed by atoms with E-state index in [1.165, 1.54) is 7.11 Å². The second kappa shape index (κ2) is 4.27. The lowest BCUT2D eigenvalue weighted by atomic mass is 10.0. The van der Waals surface area contributed by atoms with Gasteiger partial charge in [-0.2, -0.15) is 0 Å². The number of allylic oxidation sites excluding steroid dienone is 2. The number of carbonyl (C=O) groups is 1. The van der Waals surface area contributed by atoms with E-state index < -0.39 is 5.97 Å². The Bertz CT molecular complexity index is 405. The first-order valence-corrected chi connectivity index (χ1v) is 3.79. The van der Waals surface area contributed by atoms with E-state index in [-0.39, 0.29) is 22.8 Å². The lowest BCUT2D eigenvalue weighted by Crippen LogP contribution is -2.22. The van der Waals surface area contributed by atoms with Crippen molar-refractivity contribution in [1.82, 2.24) is 0 Å². The largest absolute Gasteiger partial charge is 0.494 e. The maximum Gasteiger partial charge on any atom is 0.335 e. The predicted molar refractivity (Wildman–Crippen MR) is 49.3 cm³/mol. The summed E-state index contributed by atoms with van der Waals surface area (Å²) in [5, 5.41) is 31.6. The van der Waals surface area contributed by atoms with Gasteiger partial charge in [-0.3, -0.25) is 0 Å². The molecule has 0 unspecified atom stereocenters. The Hall–Kier alpha value is -2.31. The van der Waals surface area contributed by atoms with Gasteiger partial charge in [0.15, 0.2) is 11.5 Å². The van der Waals surface area contributed by atoms with Gasteiger partial charge < -0.3 is 20.3 Å². The number of ether oxygens (including phenoxy) is 1. The summed E-state index contributed by atoms with van der Waals surface area (Å²) >= 11 is 0. The molecule has 0 aromatic carbocycles. The first kappa shape index (κ1) is 10.8. The summed E-state index contributed by atoms with van der Waals surface area (Å²) in [6.45, 7) is 0. The number of carboxylic acid groups (broad SMARTS) is 1. The highest BCUT2D eigenvalue weighted by Gasteiger charge is 2.23. The molecular formula is C8H8N2O5.